The number of nitrogens with zero attached hydrogens (tertiary/aromatic N) is 6. The van der Waals surface area contributed by atoms with Gasteiger partial charge in [0.05, 0.1) is 17.2 Å². The lowest BCUT2D eigenvalue weighted by atomic mass is 10.0. The summed E-state index contributed by atoms with van der Waals surface area (Å²) >= 11 is 0. The summed E-state index contributed by atoms with van der Waals surface area (Å²) in [6.07, 6.45) is 0. The van der Waals surface area contributed by atoms with Crippen LogP contribution in [0.4, 0.5) is 0 Å². The molecular weight excluding hydrogens is 464 g/mol. The minimum atomic E-state index is -3.68. The van der Waals surface area contributed by atoms with Crippen molar-refractivity contribution in [3.8, 4) is 11.3 Å². The number of sulfonamides is 1. The van der Waals surface area contributed by atoms with E-state index in [9.17, 15) is 13.5 Å². The Morgan fingerprint density at radius 1 is 1.00 bits per heavy atom. The molecule has 1 aliphatic rings. The highest BCUT2D eigenvalue weighted by atomic mass is 32.2. The first kappa shape index (κ1) is 23.8. The van der Waals surface area contributed by atoms with Gasteiger partial charge in [0, 0.05) is 55.0 Å². The first-order valence-corrected chi connectivity index (χ1v) is 13.3. The van der Waals surface area contributed by atoms with Gasteiger partial charge in [-0.1, -0.05) is 50.2 Å². The largest absolute Gasteiger partial charge is 0.395 e. The van der Waals surface area contributed by atoms with E-state index in [4.69, 9.17) is 5.10 Å². The van der Waals surface area contributed by atoms with E-state index >= 15 is 0 Å². The van der Waals surface area contributed by atoms with Gasteiger partial charge in [0.1, 0.15) is 0 Å². The molecular formula is C25H30N6O3S. The topological polar surface area (TPSA) is 104 Å². The molecule has 0 unspecified atom stereocenters. The molecule has 4 aromatic rings. The third kappa shape index (κ3) is 4.20. The molecule has 0 amide bonds. The van der Waals surface area contributed by atoms with Crippen LogP contribution in [0.5, 0.6) is 0 Å². The lowest BCUT2D eigenvalue weighted by Crippen LogP contribution is -2.49. The van der Waals surface area contributed by atoms with E-state index in [1.54, 1.807) is 14.9 Å². The number of benzene rings is 2. The number of hydrogen-bond acceptors (Lipinski definition) is 7. The second kappa shape index (κ2) is 9.27. The van der Waals surface area contributed by atoms with Crippen LogP contribution in [0, 0.1) is 6.92 Å². The lowest BCUT2D eigenvalue weighted by molar-refractivity contribution is 0.151. The van der Waals surface area contributed by atoms with Gasteiger partial charge >= 0.3 is 0 Å². The third-order valence-corrected chi connectivity index (χ3v) is 8.67. The van der Waals surface area contributed by atoms with Crippen molar-refractivity contribution in [1.82, 2.24) is 29.0 Å². The van der Waals surface area contributed by atoms with Crippen LogP contribution in [0.25, 0.3) is 27.7 Å². The van der Waals surface area contributed by atoms with E-state index in [0.717, 1.165) is 22.2 Å². The van der Waals surface area contributed by atoms with Crippen molar-refractivity contribution in [2.24, 2.45) is 0 Å². The Bertz CT molecular complexity index is 1490. The number of β-amino-alcohol motifs (C(OH)–C–C–N with tert-alkyl or cyclic N) is 1. The Morgan fingerprint density at radius 2 is 1.71 bits per heavy atom. The molecule has 2 aromatic heterocycles. The fourth-order valence-electron chi connectivity index (χ4n) is 4.67. The van der Waals surface area contributed by atoms with E-state index in [0.29, 0.717) is 54.5 Å². The van der Waals surface area contributed by atoms with Crippen molar-refractivity contribution in [2.75, 3.05) is 39.3 Å². The second-order valence-corrected chi connectivity index (χ2v) is 11.2. The molecule has 0 aliphatic carbocycles. The minimum Gasteiger partial charge on any atom is -0.395 e. The van der Waals surface area contributed by atoms with Gasteiger partial charge in [-0.25, -0.2) is 8.42 Å². The summed E-state index contributed by atoms with van der Waals surface area (Å²) in [5.74, 6) is 0.887. The molecule has 0 atom stereocenters. The van der Waals surface area contributed by atoms with Crippen molar-refractivity contribution in [3.63, 3.8) is 0 Å². The molecule has 0 radical (unpaired) electrons. The molecule has 1 saturated heterocycles. The second-order valence-electron chi connectivity index (χ2n) is 9.29. The number of rotatable bonds is 6. The van der Waals surface area contributed by atoms with Crippen molar-refractivity contribution >= 4 is 26.4 Å². The molecule has 5 rings (SSSR count). The van der Waals surface area contributed by atoms with Gasteiger partial charge in [-0.3, -0.25) is 4.90 Å². The molecule has 35 heavy (non-hydrogen) atoms. The molecule has 2 aromatic carbocycles. The van der Waals surface area contributed by atoms with E-state index in [1.165, 1.54) is 0 Å². The lowest BCUT2D eigenvalue weighted by Gasteiger charge is -2.33. The van der Waals surface area contributed by atoms with Crippen LogP contribution in [0.1, 0.15) is 31.2 Å². The summed E-state index contributed by atoms with van der Waals surface area (Å²) in [6.45, 7) is 8.56. The zero-order chi connectivity index (χ0) is 24.7. The van der Waals surface area contributed by atoms with Crippen LogP contribution in [-0.2, 0) is 10.0 Å². The zero-order valence-electron chi connectivity index (χ0n) is 20.2. The fourth-order valence-corrected chi connectivity index (χ4v) is 6.34. The van der Waals surface area contributed by atoms with Gasteiger partial charge in [0.2, 0.25) is 10.0 Å². The van der Waals surface area contributed by atoms with Crippen LogP contribution in [0.2, 0.25) is 0 Å². The van der Waals surface area contributed by atoms with Gasteiger partial charge < -0.3 is 5.11 Å². The van der Waals surface area contributed by atoms with Gasteiger partial charge in [0.15, 0.2) is 11.5 Å². The molecule has 3 heterocycles. The smallest absolute Gasteiger partial charge is 0.243 e. The zero-order valence-corrected chi connectivity index (χ0v) is 21.0. The average molecular weight is 495 g/mol. The predicted molar refractivity (Wildman–Crippen MR) is 135 cm³/mol. The Labute approximate surface area is 205 Å². The van der Waals surface area contributed by atoms with Gasteiger partial charge in [0.25, 0.3) is 0 Å². The Morgan fingerprint density at radius 3 is 2.40 bits per heavy atom. The quantitative estimate of drug-likeness (QED) is 0.439. The molecule has 1 aliphatic heterocycles. The van der Waals surface area contributed by atoms with Gasteiger partial charge in [-0.05, 0) is 18.6 Å². The number of aromatic nitrogens is 4. The number of aliphatic hydroxyl groups excluding tert-OH is 1. The number of piperazine rings is 1. The molecule has 184 valence electrons. The van der Waals surface area contributed by atoms with Crippen LogP contribution >= 0.6 is 0 Å². The Kier molecular flexibility index (Phi) is 6.30. The summed E-state index contributed by atoms with van der Waals surface area (Å²) in [6, 6.07) is 13.4. The molecule has 0 spiro atoms. The standard InChI is InChI=1S/C25H30N6O3S/c1-17(2)24-26-27-25-21-7-5-4-6-20(21)23(28-31(24)25)19-9-8-18(3)22(16-19)35(33,34)30-12-10-29(11-13-30)14-15-32/h4-9,16-17,32H,10-15H2,1-3H3. The van der Waals surface area contributed by atoms with E-state index in [-0.39, 0.29) is 12.5 Å². The predicted octanol–water partition coefficient (Wildman–Crippen LogP) is 2.67. The highest BCUT2D eigenvalue weighted by Crippen LogP contribution is 2.32. The summed E-state index contributed by atoms with van der Waals surface area (Å²) in [5, 5.41) is 24.6. The third-order valence-electron chi connectivity index (χ3n) is 6.63. The summed E-state index contributed by atoms with van der Waals surface area (Å²) in [7, 11) is -3.68. The SMILES string of the molecule is Cc1ccc(-c2nn3c(C(C)C)nnc3c3ccccc23)cc1S(=O)(=O)N1CCN(CCO)CC1. The summed E-state index contributed by atoms with van der Waals surface area (Å²) in [4.78, 5) is 2.37. The Hall–Kier alpha value is -2.92. The molecule has 1 fully saturated rings. The van der Waals surface area contributed by atoms with Gasteiger partial charge in [-0.2, -0.15) is 13.9 Å². The molecule has 1 N–H and O–H groups in total. The number of aryl methyl sites for hydroxylation is 1. The van der Waals surface area contributed by atoms with Crippen molar-refractivity contribution in [3.05, 3.63) is 53.9 Å². The molecule has 10 heteroatoms. The van der Waals surface area contributed by atoms with Crippen LogP contribution in [0.3, 0.4) is 0 Å². The van der Waals surface area contributed by atoms with E-state index in [1.807, 2.05) is 57.2 Å². The number of fused-ring (bicyclic) bond motifs is 3. The van der Waals surface area contributed by atoms with Crippen molar-refractivity contribution in [2.45, 2.75) is 31.6 Å². The van der Waals surface area contributed by atoms with Crippen molar-refractivity contribution in [1.29, 1.82) is 0 Å². The van der Waals surface area contributed by atoms with Crippen LogP contribution in [-0.4, -0.2) is 81.9 Å². The first-order chi connectivity index (χ1) is 16.8. The highest BCUT2D eigenvalue weighted by Gasteiger charge is 2.30. The highest BCUT2D eigenvalue weighted by molar-refractivity contribution is 7.89. The van der Waals surface area contributed by atoms with Crippen molar-refractivity contribution < 1.29 is 13.5 Å². The maximum Gasteiger partial charge on any atom is 0.243 e. The normalized spacial score (nSPS) is 16.0. The Balaban J connectivity index is 1.62. The van der Waals surface area contributed by atoms with Crippen LogP contribution < -0.4 is 0 Å². The number of hydrogen-bond donors (Lipinski definition) is 1. The number of aliphatic hydroxyl groups is 1. The van der Waals surface area contributed by atoms with E-state index in [2.05, 4.69) is 15.1 Å². The molecule has 0 saturated carbocycles. The maximum absolute atomic E-state index is 13.6. The molecule has 9 nitrogen and oxygen atoms in total. The molecule has 0 bridgehead atoms. The maximum atomic E-state index is 13.6. The average Bonchev–Trinajstić information content (AvgIpc) is 3.29. The summed E-state index contributed by atoms with van der Waals surface area (Å²) in [5.41, 5.74) is 2.81. The van der Waals surface area contributed by atoms with Gasteiger partial charge in [-0.15, -0.1) is 10.2 Å². The van der Waals surface area contributed by atoms with Crippen LogP contribution in [0.15, 0.2) is 47.4 Å². The first-order valence-electron chi connectivity index (χ1n) is 11.9. The summed E-state index contributed by atoms with van der Waals surface area (Å²) < 4.78 is 30.6. The fraction of sp³-hybridized carbons (Fsp3) is 0.400. The monoisotopic (exact) mass is 494 g/mol. The van der Waals surface area contributed by atoms with E-state index < -0.39 is 10.0 Å². The minimum absolute atomic E-state index is 0.0736.